The van der Waals surface area contributed by atoms with Crippen LogP contribution in [-0.4, -0.2) is 63.1 Å². The fraction of sp³-hybridized carbons (Fsp3) is 0.240. The van der Waals surface area contributed by atoms with Gasteiger partial charge in [-0.05, 0) is 55.0 Å². The summed E-state index contributed by atoms with van der Waals surface area (Å²) in [5.74, 6) is -0.547. The van der Waals surface area contributed by atoms with Crippen LogP contribution in [0.5, 0.6) is 0 Å². The Morgan fingerprint density at radius 1 is 1.24 bits per heavy atom. The lowest BCUT2D eigenvalue weighted by atomic mass is 10.1. The van der Waals surface area contributed by atoms with Crippen molar-refractivity contribution in [2.24, 2.45) is 0 Å². The van der Waals surface area contributed by atoms with Crippen molar-refractivity contribution in [3.63, 3.8) is 0 Å². The minimum Gasteiger partial charge on any atom is -0.394 e. The second kappa shape index (κ2) is 8.85. The van der Waals surface area contributed by atoms with Crippen molar-refractivity contribution in [3.8, 4) is 16.8 Å². The lowest BCUT2D eigenvalue weighted by Crippen LogP contribution is -2.38. The van der Waals surface area contributed by atoms with Crippen LogP contribution in [0.15, 0.2) is 65.7 Å². The molecule has 2 N–H and O–H groups in total. The highest BCUT2D eigenvalue weighted by Gasteiger charge is 2.35. The highest BCUT2D eigenvalue weighted by molar-refractivity contribution is 5.95. The van der Waals surface area contributed by atoms with Crippen molar-refractivity contribution in [2.45, 2.75) is 18.6 Å². The second-order valence-corrected chi connectivity index (χ2v) is 8.35. The molecule has 5 rings (SSSR count). The molecular weight excluding hydrogens is 439 g/mol. The number of amides is 1. The standard InChI is InChI=1S/C25H23FN4O4/c1-34-21-10-20(14-31)29(13-21)25(33)15-2-5-19(6-3-15)30-12-17(11-27-30)22-9-16-8-18(26)4-7-23(16)28-24(22)32/h2-9,11-12,20-21,31H,10,13-14H2,1H3,(H,28,32)/t20-,21+/m0/s1. The number of halogens is 1. The Balaban J connectivity index is 1.39. The molecule has 9 heteroatoms. The van der Waals surface area contributed by atoms with Gasteiger partial charge in [0.15, 0.2) is 0 Å². The molecule has 1 fully saturated rings. The summed E-state index contributed by atoms with van der Waals surface area (Å²) in [5, 5.41) is 14.6. The highest BCUT2D eigenvalue weighted by atomic mass is 19.1. The summed E-state index contributed by atoms with van der Waals surface area (Å²) in [4.78, 5) is 29.9. The monoisotopic (exact) mass is 462 g/mol. The van der Waals surface area contributed by atoms with E-state index >= 15 is 0 Å². The fourth-order valence-corrected chi connectivity index (χ4v) is 4.38. The Morgan fingerprint density at radius 3 is 2.76 bits per heavy atom. The van der Waals surface area contributed by atoms with Gasteiger partial charge in [-0.15, -0.1) is 0 Å². The van der Waals surface area contributed by atoms with Gasteiger partial charge in [-0.2, -0.15) is 5.10 Å². The average Bonchev–Trinajstić information content (AvgIpc) is 3.51. The molecule has 34 heavy (non-hydrogen) atoms. The first-order valence-electron chi connectivity index (χ1n) is 10.9. The number of carbonyl (C=O) groups excluding carboxylic acids is 1. The van der Waals surface area contributed by atoms with Gasteiger partial charge in [0.05, 0.1) is 36.2 Å². The molecule has 2 atom stereocenters. The second-order valence-electron chi connectivity index (χ2n) is 8.35. The first kappa shape index (κ1) is 22.0. The minimum atomic E-state index is -0.382. The number of fused-ring (bicyclic) bond motifs is 1. The first-order valence-corrected chi connectivity index (χ1v) is 10.9. The van der Waals surface area contributed by atoms with Gasteiger partial charge in [0.25, 0.3) is 11.5 Å². The maximum absolute atomic E-state index is 13.6. The van der Waals surface area contributed by atoms with E-state index in [-0.39, 0.29) is 36.0 Å². The van der Waals surface area contributed by atoms with Crippen molar-refractivity contribution in [2.75, 3.05) is 20.3 Å². The predicted octanol–water partition coefficient (Wildman–Crippen LogP) is 2.74. The van der Waals surface area contributed by atoms with Gasteiger partial charge >= 0.3 is 0 Å². The molecule has 1 saturated heterocycles. The van der Waals surface area contributed by atoms with Crippen molar-refractivity contribution in [1.82, 2.24) is 19.7 Å². The lowest BCUT2D eigenvalue weighted by molar-refractivity contribution is 0.0648. The SMILES string of the molecule is CO[C@@H]1C[C@@H](CO)N(C(=O)c2ccc(-n3cc(-c4cc5cc(F)ccc5[nH]c4=O)cn3)cc2)C1. The fourth-order valence-electron chi connectivity index (χ4n) is 4.38. The van der Waals surface area contributed by atoms with Crippen LogP contribution in [0.2, 0.25) is 0 Å². The Hall–Kier alpha value is -3.82. The Labute approximate surface area is 194 Å². The van der Waals surface area contributed by atoms with Gasteiger partial charge in [0.2, 0.25) is 0 Å². The zero-order valence-corrected chi connectivity index (χ0v) is 18.4. The summed E-state index contributed by atoms with van der Waals surface area (Å²) >= 11 is 0. The highest BCUT2D eigenvalue weighted by Crippen LogP contribution is 2.24. The molecule has 8 nitrogen and oxygen atoms in total. The number of nitrogens with one attached hydrogen (secondary N) is 1. The maximum atomic E-state index is 13.6. The molecule has 0 unspecified atom stereocenters. The third-order valence-corrected chi connectivity index (χ3v) is 6.26. The zero-order valence-electron chi connectivity index (χ0n) is 18.4. The van der Waals surface area contributed by atoms with Crippen LogP contribution < -0.4 is 5.56 Å². The summed E-state index contributed by atoms with van der Waals surface area (Å²) in [6.45, 7) is 0.329. The topological polar surface area (TPSA) is 100 Å². The van der Waals surface area contributed by atoms with Gasteiger partial charge in [-0.3, -0.25) is 9.59 Å². The van der Waals surface area contributed by atoms with Crippen LogP contribution in [0, 0.1) is 5.82 Å². The number of rotatable bonds is 5. The van der Waals surface area contributed by atoms with E-state index in [1.165, 1.54) is 18.2 Å². The van der Waals surface area contributed by atoms with E-state index in [2.05, 4.69) is 10.1 Å². The van der Waals surface area contributed by atoms with E-state index in [9.17, 15) is 19.1 Å². The van der Waals surface area contributed by atoms with Gasteiger partial charge in [0.1, 0.15) is 5.82 Å². The molecule has 0 spiro atoms. The van der Waals surface area contributed by atoms with Gasteiger partial charge < -0.3 is 19.7 Å². The number of aromatic amines is 1. The van der Waals surface area contributed by atoms with Crippen LogP contribution in [-0.2, 0) is 4.74 Å². The van der Waals surface area contributed by atoms with E-state index in [1.54, 1.807) is 59.4 Å². The number of aliphatic hydroxyl groups excluding tert-OH is 1. The van der Waals surface area contributed by atoms with Gasteiger partial charge in [-0.25, -0.2) is 9.07 Å². The van der Waals surface area contributed by atoms with Crippen LogP contribution >= 0.6 is 0 Å². The number of likely N-dealkylation sites (tertiary alicyclic amines) is 1. The number of hydrogen-bond acceptors (Lipinski definition) is 5. The smallest absolute Gasteiger partial charge is 0.256 e. The van der Waals surface area contributed by atoms with Crippen LogP contribution in [0.4, 0.5) is 4.39 Å². The van der Waals surface area contributed by atoms with Crippen molar-refractivity contribution >= 4 is 16.8 Å². The average molecular weight is 462 g/mol. The molecule has 1 aliphatic heterocycles. The number of H-pyrrole nitrogens is 1. The number of carbonyl (C=O) groups is 1. The van der Waals surface area contributed by atoms with E-state index in [0.717, 1.165) is 0 Å². The summed E-state index contributed by atoms with van der Waals surface area (Å²) in [7, 11) is 1.60. The molecule has 0 aliphatic carbocycles. The lowest BCUT2D eigenvalue weighted by Gasteiger charge is -2.22. The predicted molar refractivity (Wildman–Crippen MR) is 124 cm³/mol. The molecule has 0 bridgehead atoms. The van der Waals surface area contributed by atoms with E-state index in [1.807, 2.05) is 0 Å². The largest absolute Gasteiger partial charge is 0.394 e. The number of hydrogen-bond donors (Lipinski definition) is 2. The number of benzene rings is 2. The minimum absolute atomic E-state index is 0.0855. The number of pyridine rings is 1. The van der Waals surface area contributed by atoms with Crippen molar-refractivity contribution in [1.29, 1.82) is 0 Å². The Morgan fingerprint density at radius 2 is 2.03 bits per heavy atom. The van der Waals surface area contributed by atoms with Crippen LogP contribution in [0.3, 0.4) is 0 Å². The number of nitrogens with zero attached hydrogens (tertiary/aromatic N) is 3. The molecule has 2 aromatic carbocycles. The van der Waals surface area contributed by atoms with Gasteiger partial charge in [-0.1, -0.05) is 0 Å². The van der Waals surface area contributed by atoms with E-state index in [4.69, 9.17) is 4.74 Å². The van der Waals surface area contributed by atoms with Crippen molar-refractivity contribution in [3.05, 3.63) is 82.7 Å². The number of ether oxygens (including phenoxy) is 1. The summed E-state index contributed by atoms with van der Waals surface area (Å²) < 4.78 is 20.6. The third-order valence-electron chi connectivity index (χ3n) is 6.26. The molecule has 1 aliphatic rings. The normalized spacial score (nSPS) is 18.0. The first-order chi connectivity index (χ1) is 16.5. The summed E-state index contributed by atoms with van der Waals surface area (Å²) in [6, 6.07) is 12.5. The molecule has 1 amide bonds. The summed E-state index contributed by atoms with van der Waals surface area (Å²) in [5.41, 5.74) is 2.44. The number of aliphatic hydroxyl groups is 1. The molecule has 174 valence electrons. The molecule has 3 heterocycles. The zero-order chi connectivity index (χ0) is 23.8. The maximum Gasteiger partial charge on any atom is 0.256 e. The summed E-state index contributed by atoms with van der Waals surface area (Å²) in [6.07, 6.45) is 3.79. The third kappa shape index (κ3) is 4.00. The molecule has 0 saturated carbocycles. The molecule has 4 aromatic rings. The molecule has 2 aromatic heterocycles. The molecular formula is C25H23FN4O4. The van der Waals surface area contributed by atoms with Gasteiger partial charge in [0, 0.05) is 41.9 Å². The Kier molecular flexibility index (Phi) is 5.72. The quantitative estimate of drug-likeness (QED) is 0.475. The number of methoxy groups -OCH3 is 1. The van der Waals surface area contributed by atoms with Crippen molar-refractivity contribution < 1.29 is 19.0 Å². The van der Waals surface area contributed by atoms with E-state index in [0.29, 0.717) is 46.2 Å². The van der Waals surface area contributed by atoms with Crippen LogP contribution in [0.25, 0.3) is 27.7 Å². The van der Waals surface area contributed by atoms with E-state index < -0.39 is 0 Å². The van der Waals surface area contributed by atoms with Crippen LogP contribution in [0.1, 0.15) is 16.8 Å². The Bertz CT molecular complexity index is 1410. The number of aromatic nitrogens is 3. The molecule has 0 radical (unpaired) electrons.